The third-order valence-corrected chi connectivity index (χ3v) is 4.66. The van der Waals surface area contributed by atoms with Crippen molar-refractivity contribution in [2.75, 3.05) is 6.61 Å². The molecule has 1 saturated carbocycles. The lowest BCUT2D eigenvalue weighted by Gasteiger charge is -2.47. The van der Waals surface area contributed by atoms with E-state index in [-0.39, 0.29) is 11.7 Å². The summed E-state index contributed by atoms with van der Waals surface area (Å²) < 4.78 is 12.1. The van der Waals surface area contributed by atoms with Crippen LogP contribution < -0.4 is 4.74 Å². The van der Waals surface area contributed by atoms with Gasteiger partial charge in [-0.1, -0.05) is 11.6 Å². The van der Waals surface area contributed by atoms with Gasteiger partial charge in [0.2, 0.25) is 0 Å². The summed E-state index contributed by atoms with van der Waals surface area (Å²) in [5, 5.41) is 10.5. The Morgan fingerprint density at radius 1 is 1.45 bits per heavy atom. The van der Waals surface area contributed by atoms with Crippen LogP contribution in [0.15, 0.2) is 18.2 Å². The molecule has 1 unspecified atom stereocenters. The van der Waals surface area contributed by atoms with E-state index in [1.165, 1.54) is 6.42 Å². The van der Waals surface area contributed by atoms with E-state index in [1.807, 2.05) is 6.07 Å². The van der Waals surface area contributed by atoms with Crippen LogP contribution in [-0.4, -0.2) is 23.4 Å². The van der Waals surface area contributed by atoms with Crippen molar-refractivity contribution in [1.29, 1.82) is 0 Å². The van der Waals surface area contributed by atoms with E-state index in [9.17, 15) is 5.11 Å². The van der Waals surface area contributed by atoms with Gasteiger partial charge in [0.1, 0.15) is 11.9 Å². The third kappa shape index (κ3) is 2.80. The first kappa shape index (κ1) is 14.2. The zero-order valence-electron chi connectivity index (χ0n) is 11.8. The van der Waals surface area contributed by atoms with Gasteiger partial charge >= 0.3 is 0 Å². The van der Waals surface area contributed by atoms with E-state index in [1.54, 1.807) is 19.1 Å². The number of hydrogen-bond acceptors (Lipinski definition) is 3. The number of aliphatic hydroxyl groups excluding tert-OH is 1. The molecule has 1 N–H and O–H groups in total. The molecule has 1 aromatic rings. The highest BCUT2D eigenvalue weighted by Gasteiger charge is 2.43. The summed E-state index contributed by atoms with van der Waals surface area (Å²) in [4.78, 5) is 0. The van der Waals surface area contributed by atoms with Crippen LogP contribution in [0.2, 0.25) is 5.02 Å². The van der Waals surface area contributed by atoms with E-state index in [0.29, 0.717) is 5.02 Å². The molecule has 0 bridgehead atoms. The van der Waals surface area contributed by atoms with Gasteiger partial charge in [0.15, 0.2) is 0 Å². The average Bonchev–Trinajstić information content (AvgIpc) is 2.39. The van der Waals surface area contributed by atoms with Gasteiger partial charge in [0.05, 0.1) is 18.3 Å². The summed E-state index contributed by atoms with van der Waals surface area (Å²) in [6.45, 7) is 2.50. The molecular formula is C16H21ClO3. The zero-order valence-corrected chi connectivity index (χ0v) is 12.5. The summed E-state index contributed by atoms with van der Waals surface area (Å²) in [6.07, 6.45) is 5.00. The van der Waals surface area contributed by atoms with Crippen molar-refractivity contribution in [1.82, 2.24) is 0 Å². The van der Waals surface area contributed by atoms with Gasteiger partial charge in [-0.05, 0) is 44.4 Å². The number of rotatable bonds is 3. The minimum absolute atomic E-state index is 0.0698. The first-order chi connectivity index (χ1) is 9.58. The summed E-state index contributed by atoms with van der Waals surface area (Å²) in [5.74, 6) is 0.741. The summed E-state index contributed by atoms with van der Waals surface area (Å²) in [5.41, 5.74) is 0.826. The standard InChI is InChI=1S/C16H21ClO3/c1-11(18)14-9-12(17)3-4-15(14)20-13-5-8-19-16(10-13)6-2-7-16/h3-4,9,11,13,18H,2,5-8,10H2,1H3/t11-,13?/m1/s1. The Labute approximate surface area is 124 Å². The maximum atomic E-state index is 9.86. The molecule has 1 aliphatic carbocycles. The number of halogens is 1. The first-order valence-corrected chi connectivity index (χ1v) is 7.74. The van der Waals surface area contributed by atoms with Crippen molar-refractivity contribution in [3.63, 3.8) is 0 Å². The lowest BCUT2D eigenvalue weighted by Crippen LogP contribution is -2.48. The Hall–Kier alpha value is -0.770. The van der Waals surface area contributed by atoms with Gasteiger partial charge in [-0.25, -0.2) is 0 Å². The van der Waals surface area contributed by atoms with E-state index < -0.39 is 6.10 Å². The molecule has 2 fully saturated rings. The lowest BCUT2D eigenvalue weighted by molar-refractivity contribution is -0.153. The molecule has 1 aromatic carbocycles. The van der Waals surface area contributed by atoms with Crippen LogP contribution >= 0.6 is 11.6 Å². The van der Waals surface area contributed by atoms with Crippen molar-refractivity contribution in [2.24, 2.45) is 0 Å². The molecule has 20 heavy (non-hydrogen) atoms. The molecule has 2 aliphatic rings. The van der Waals surface area contributed by atoms with Gasteiger partial charge in [-0.3, -0.25) is 0 Å². The molecule has 3 rings (SSSR count). The highest BCUT2D eigenvalue weighted by molar-refractivity contribution is 6.30. The van der Waals surface area contributed by atoms with Crippen LogP contribution in [0.25, 0.3) is 0 Å². The Morgan fingerprint density at radius 3 is 2.90 bits per heavy atom. The Bertz CT molecular complexity index is 483. The molecular weight excluding hydrogens is 276 g/mol. The quantitative estimate of drug-likeness (QED) is 0.920. The van der Waals surface area contributed by atoms with Crippen LogP contribution in [0.5, 0.6) is 5.75 Å². The van der Waals surface area contributed by atoms with Crippen molar-refractivity contribution in [3.05, 3.63) is 28.8 Å². The predicted octanol–water partition coefficient (Wildman–Crippen LogP) is 3.87. The minimum Gasteiger partial charge on any atom is -0.490 e. The topological polar surface area (TPSA) is 38.7 Å². The number of aliphatic hydroxyl groups is 1. The van der Waals surface area contributed by atoms with Crippen LogP contribution in [0.1, 0.15) is 50.7 Å². The van der Waals surface area contributed by atoms with Crippen LogP contribution in [0.3, 0.4) is 0 Å². The number of ether oxygens (including phenoxy) is 2. The minimum atomic E-state index is -0.582. The van der Waals surface area contributed by atoms with Gasteiger partial charge < -0.3 is 14.6 Å². The van der Waals surface area contributed by atoms with E-state index in [2.05, 4.69) is 0 Å². The molecule has 0 aromatic heterocycles. The fourth-order valence-electron chi connectivity index (χ4n) is 3.14. The summed E-state index contributed by atoms with van der Waals surface area (Å²) in [6, 6.07) is 5.44. The first-order valence-electron chi connectivity index (χ1n) is 7.36. The fraction of sp³-hybridized carbons (Fsp3) is 0.625. The SMILES string of the molecule is C[C@@H](O)c1cc(Cl)ccc1OC1CCOC2(CCC2)C1. The molecule has 1 spiro atoms. The smallest absolute Gasteiger partial charge is 0.125 e. The van der Waals surface area contributed by atoms with Crippen molar-refractivity contribution in [2.45, 2.75) is 56.8 Å². The molecule has 1 saturated heterocycles. The zero-order chi connectivity index (χ0) is 14.2. The van der Waals surface area contributed by atoms with Gasteiger partial charge in [-0.15, -0.1) is 0 Å². The summed E-state index contributed by atoms with van der Waals surface area (Å²) in [7, 11) is 0. The second kappa shape index (κ2) is 5.55. The molecule has 0 amide bonds. The van der Waals surface area contributed by atoms with Crippen LogP contribution in [-0.2, 0) is 4.74 Å². The maximum Gasteiger partial charge on any atom is 0.125 e. The van der Waals surface area contributed by atoms with Gasteiger partial charge in [-0.2, -0.15) is 0 Å². The average molecular weight is 297 g/mol. The highest BCUT2D eigenvalue weighted by atomic mass is 35.5. The Morgan fingerprint density at radius 2 is 2.25 bits per heavy atom. The third-order valence-electron chi connectivity index (χ3n) is 4.43. The van der Waals surface area contributed by atoms with Crippen molar-refractivity contribution in [3.8, 4) is 5.75 Å². The van der Waals surface area contributed by atoms with Crippen LogP contribution in [0, 0.1) is 0 Å². The molecule has 3 nitrogen and oxygen atoms in total. The van der Waals surface area contributed by atoms with Crippen molar-refractivity contribution < 1.29 is 14.6 Å². The van der Waals surface area contributed by atoms with E-state index in [0.717, 1.165) is 43.6 Å². The highest BCUT2D eigenvalue weighted by Crippen LogP contribution is 2.43. The molecule has 1 aliphatic heterocycles. The second-order valence-corrected chi connectivity index (χ2v) is 6.41. The molecule has 110 valence electrons. The normalized spacial score (nSPS) is 26.1. The summed E-state index contributed by atoms with van der Waals surface area (Å²) >= 11 is 5.99. The van der Waals surface area contributed by atoms with Crippen LogP contribution in [0.4, 0.5) is 0 Å². The largest absolute Gasteiger partial charge is 0.490 e. The monoisotopic (exact) mass is 296 g/mol. The van der Waals surface area contributed by atoms with Crippen molar-refractivity contribution >= 4 is 11.6 Å². The van der Waals surface area contributed by atoms with Gasteiger partial charge in [0, 0.05) is 23.4 Å². The molecule has 1 heterocycles. The molecule has 0 radical (unpaired) electrons. The number of hydrogen-bond donors (Lipinski definition) is 1. The fourth-order valence-corrected chi connectivity index (χ4v) is 3.32. The van der Waals surface area contributed by atoms with Gasteiger partial charge in [0.25, 0.3) is 0 Å². The lowest BCUT2D eigenvalue weighted by atomic mass is 9.74. The Balaban J connectivity index is 1.74. The predicted molar refractivity (Wildman–Crippen MR) is 78.3 cm³/mol. The van der Waals surface area contributed by atoms with E-state index in [4.69, 9.17) is 21.1 Å². The molecule has 2 atom stereocenters. The molecule has 4 heteroatoms. The maximum absolute atomic E-state index is 9.86. The van der Waals surface area contributed by atoms with E-state index >= 15 is 0 Å². The Kier molecular flexibility index (Phi) is 3.93. The second-order valence-electron chi connectivity index (χ2n) is 5.98. The number of benzene rings is 1.